The molecule has 7 heteroatoms. The molecule has 2 amide bonds. The molecule has 132 valence electrons. The third kappa shape index (κ3) is 4.73. The molecule has 6 nitrogen and oxygen atoms in total. The summed E-state index contributed by atoms with van der Waals surface area (Å²) in [5, 5.41) is 14.5. The third-order valence-corrected chi connectivity index (χ3v) is 4.45. The monoisotopic (exact) mass is 366 g/mol. The van der Waals surface area contributed by atoms with E-state index in [1.807, 2.05) is 43.3 Å². The van der Waals surface area contributed by atoms with Gasteiger partial charge in [-0.05, 0) is 24.6 Å². The number of carbonyl (C=O) groups is 2. The first kappa shape index (κ1) is 17.8. The predicted octanol–water partition coefficient (Wildman–Crippen LogP) is 2.83. The van der Waals surface area contributed by atoms with Crippen molar-refractivity contribution in [1.29, 1.82) is 0 Å². The molecule has 0 aliphatic heterocycles. The van der Waals surface area contributed by atoms with E-state index in [9.17, 15) is 9.59 Å². The molecule has 3 aromatic rings. The van der Waals surface area contributed by atoms with Crippen LogP contribution in [0.1, 0.15) is 20.9 Å². The van der Waals surface area contributed by atoms with Crippen LogP contribution in [0.4, 0.5) is 5.13 Å². The van der Waals surface area contributed by atoms with Crippen molar-refractivity contribution in [2.75, 3.05) is 5.32 Å². The number of aryl methyl sites for hydroxylation is 1. The zero-order valence-electron chi connectivity index (χ0n) is 14.2. The highest BCUT2D eigenvalue weighted by Crippen LogP contribution is 2.15. The molecule has 26 heavy (non-hydrogen) atoms. The summed E-state index contributed by atoms with van der Waals surface area (Å²) in [6.45, 7) is 1.81. The largest absolute Gasteiger partial charge is 0.340 e. The highest BCUT2D eigenvalue weighted by molar-refractivity contribution is 7.15. The van der Waals surface area contributed by atoms with E-state index < -0.39 is 6.04 Å². The topological polar surface area (TPSA) is 84.0 Å². The molecule has 0 fully saturated rings. The van der Waals surface area contributed by atoms with Crippen LogP contribution in [0.5, 0.6) is 0 Å². The summed E-state index contributed by atoms with van der Waals surface area (Å²) in [6.07, 6.45) is 0.378. The highest BCUT2D eigenvalue weighted by atomic mass is 32.1. The SMILES string of the molecule is Cc1nnc(NC(=O)[C@H](Cc2ccccc2)NC(=O)c2ccccc2)s1. The molecule has 0 saturated heterocycles. The van der Waals surface area contributed by atoms with E-state index in [-0.39, 0.29) is 11.8 Å². The summed E-state index contributed by atoms with van der Waals surface area (Å²) in [5.74, 6) is -0.621. The number of benzene rings is 2. The minimum Gasteiger partial charge on any atom is -0.340 e. The molecule has 0 aliphatic carbocycles. The molecule has 0 spiro atoms. The second-order valence-corrected chi connectivity index (χ2v) is 6.88. The summed E-state index contributed by atoms with van der Waals surface area (Å²) < 4.78 is 0. The van der Waals surface area contributed by atoms with Crippen molar-refractivity contribution in [3.05, 3.63) is 76.8 Å². The van der Waals surface area contributed by atoms with Crippen LogP contribution < -0.4 is 10.6 Å². The number of amides is 2. The lowest BCUT2D eigenvalue weighted by atomic mass is 10.0. The van der Waals surface area contributed by atoms with Gasteiger partial charge in [0.2, 0.25) is 11.0 Å². The van der Waals surface area contributed by atoms with Crippen LogP contribution in [0, 0.1) is 6.92 Å². The molecule has 0 aliphatic rings. The van der Waals surface area contributed by atoms with Crippen molar-refractivity contribution in [3.8, 4) is 0 Å². The lowest BCUT2D eigenvalue weighted by Gasteiger charge is -2.18. The van der Waals surface area contributed by atoms with E-state index in [0.29, 0.717) is 17.1 Å². The maximum Gasteiger partial charge on any atom is 0.251 e. The maximum atomic E-state index is 12.7. The second-order valence-electron chi connectivity index (χ2n) is 5.70. The zero-order valence-corrected chi connectivity index (χ0v) is 15.0. The van der Waals surface area contributed by atoms with Gasteiger partial charge < -0.3 is 5.32 Å². The Balaban J connectivity index is 1.76. The second kappa shape index (κ2) is 8.35. The fourth-order valence-corrected chi connectivity index (χ4v) is 3.02. The van der Waals surface area contributed by atoms with Gasteiger partial charge in [-0.1, -0.05) is 59.9 Å². The van der Waals surface area contributed by atoms with Crippen LogP contribution >= 0.6 is 11.3 Å². The molecule has 3 rings (SSSR count). The van der Waals surface area contributed by atoms with Crippen molar-refractivity contribution in [2.45, 2.75) is 19.4 Å². The molecule has 0 unspecified atom stereocenters. The van der Waals surface area contributed by atoms with Gasteiger partial charge in [-0.25, -0.2) is 0 Å². The van der Waals surface area contributed by atoms with E-state index in [2.05, 4.69) is 20.8 Å². The molecule has 0 saturated carbocycles. The summed E-state index contributed by atoms with van der Waals surface area (Å²) in [5.41, 5.74) is 1.46. The lowest BCUT2D eigenvalue weighted by Crippen LogP contribution is -2.45. The first-order valence-corrected chi connectivity index (χ1v) is 8.94. The van der Waals surface area contributed by atoms with Gasteiger partial charge in [0.1, 0.15) is 11.0 Å². The van der Waals surface area contributed by atoms with Gasteiger partial charge in [0.15, 0.2) is 0 Å². The third-order valence-electron chi connectivity index (χ3n) is 3.70. The van der Waals surface area contributed by atoms with Crippen LogP contribution in [-0.4, -0.2) is 28.1 Å². The first-order valence-electron chi connectivity index (χ1n) is 8.12. The summed E-state index contributed by atoms with van der Waals surface area (Å²) in [6, 6.07) is 17.6. The van der Waals surface area contributed by atoms with Crippen molar-refractivity contribution < 1.29 is 9.59 Å². The Morgan fingerprint density at radius 2 is 1.65 bits per heavy atom. The quantitative estimate of drug-likeness (QED) is 0.703. The van der Waals surface area contributed by atoms with Crippen molar-refractivity contribution >= 4 is 28.3 Å². The van der Waals surface area contributed by atoms with E-state index in [4.69, 9.17) is 0 Å². The molecular formula is C19H18N4O2S. The number of anilines is 1. The average Bonchev–Trinajstić information content (AvgIpc) is 3.07. The average molecular weight is 366 g/mol. The number of carbonyl (C=O) groups excluding carboxylic acids is 2. The Morgan fingerprint density at radius 3 is 2.27 bits per heavy atom. The fourth-order valence-electron chi connectivity index (χ4n) is 2.43. The number of aromatic nitrogens is 2. The van der Waals surface area contributed by atoms with Gasteiger partial charge in [0.25, 0.3) is 5.91 Å². The molecule has 1 atom stereocenters. The van der Waals surface area contributed by atoms with Gasteiger partial charge in [0, 0.05) is 12.0 Å². The minimum absolute atomic E-state index is 0.296. The van der Waals surface area contributed by atoms with Gasteiger partial charge in [-0.3, -0.25) is 14.9 Å². The van der Waals surface area contributed by atoms with E-state index in [0.717, 1.165) is 10.6 Å². The molecule has 1 aromatic heterocycles. The van der Waals surface area contributed by atoms with Gasteiger partial charge in [-0.15, -0.1) is 10.2 Å². The van der Waals surface area contributed by atoms with E-state index in [1.54, 1.807) is 24.3 Å². The van der Waals surface area contributed by atoms with Crippen molar-refractivity contribution in [3.63, 3.8) is 0 Å². The number of nitrogens with zero attached hydrogens (tertiary/aromatic N) is 2. The number of hydrogen-bond donors (Lipinski definition) is 2. The van der Waals surface area contributed by atoms with Crippen LogP contribution in [0.3, 0.4) is 0 Å². The fraction of sp³-hybridized carbons (Fsp3) is 0.158. The van der Waals surface area contributed by atoms with Crippen LogP contribution in [0.25, 0.3) is 0 Å². The number of rotatable bonds is 6. The molecular weight excluding hydrogens is 348 g/mol. The van der Waals surface area contributed by atoms with Gasteiger partial charge in [-0.2, -0.15) is 0 Å². The smallest absolute Gasteiger partial charge is 0.251 e. The van der Waals surface area contributed by atoms with Crippen molar-refractivity contribution in [1.82, 2.24) is 15.5 Å². The Kier molecular flexibility index (Phi) is 5.70. The normalized spacial score (nSPS) is 11.6. The summed E-state index contributed by atoms with van der Waals surface area (Å²) in [7, 11) is 0. The van der Waals surface area contributed by atoms with Crippen LogP contribution in [-0.2, 0) is 11.2 Å². The molecule has 0 bridgehead atoms. The molecule has 0 radical (unpaired) electrons. The number of hydrogen-bond acceptors (Lipinski definition) is 5. The molecule has 2 N–H and O–H groups in total. The van der Waals surface area contributed by atoms with E-state index in [1.165, 1.54) is 11.3 Å². The highest BCUT2D eigenvalue weighted by Gasteiger charge is 2.23. The van der Waals surface area contributed by atoms with Crippen molar-refractivity contribution in [2.24, 2.45) is 0 Å². The Bertz CT molecular complexity index is 881. The Hall–Kier alpha value is -3.06. The van der Waals surface area contributed by atoms with Gasteiger partial charge in [0.05, 0.1) is 0 Å². The standard InChI is InChI=1S/C19H18N4O2S/c1-13-22-23-19(26-13)21-18(25)16(12-14-8-4-2-5-9-14)20-17(24)15-10-6-3-7-11-15/h2-11,16H,12H2,1H3,(H,20,24)(H,21,23,25)/t16-/m0/s1. The maximum absolute atomic E-state index is 12.7. The number of nitrogens with one attached hydrogen (secondary N) is 2. The zero-order chi connectivity index (χ0) is 18.4. The molecule has 2 aromatic carbocycles. The summed E-state index contributed by atoms with van der Waals surface area (Å²) >= 11 is 1.29. The molecule has 1 heterocycles. The lowest BCUT2D eigenvalue weighted by molar-refractivity contribution is -0.118. The predicted molar refractivity (Wildman–Crippen MR) is 101 cm³/mol. The van der Waals surface area contributed by atoms with Crippen LogP contribution in [0.2, 0.25) is 0 Å². The summed E-state index contributed by atoms with van der Waals surface area (Å²) in [4.78, 5) is 25.2. The minimum atomic E-state index is -0.727. The first-order chi connectivity index (χ1) is 12.6. The Labute approximate surface area is 155 Å². The van der Waals surface area contributed by atoms with E-state index >= 15 is 0 Å². The Morgan fingerprint density at radius 1 is 1.00 bits per heavy atom. The van der Waals surface area contributed by atoms with Crippen LogP contribution in [0.15, 0.2) is 60.7 Å². The van der Waals surface area contributed by atoms with Gasteiger partial charge >= 0.3 is 0 Å².